The van der Waals surface area contributed by atoms with Gasteiger partial charge in [0.15, 0.2) is 6.10 Å². The van der Waals surface area contributed by atoms with Crippen molar-refractivity contribution in [3.63, 3.8) is 0 Å². The highest BCUT2D eigenvalue weighted by Crippen LogP contribution is 2.35. The zero-order valence-corrected chi connectivity index (χ0v) is 9.49. The summed E-state index contributed by atoms with van der Waals surface area (Å²) >= 11 is 0. The van der Waals surface area contributed by atoms with Gasteiger partial charge >= 0.3 is 0 Å². The van der Waals surface area contributed by atoms with Crippen molar-refractivity contribution in [2.75, 3.05) is 11.1 Å². The molecule has 1 atom stereocenters. The first-order valence-electron chi connectivity index (χ1n) is 5.44. The van der Waals surface area contributed by atoms with Crippen LogP contribution in [0.4, 0.5) is 11.4 Å². The van der Waals surface area contributed by atoms with Crippen LogP contribution in [0.5, 0.6) is 5.75 Å². The van der Waals surface area contributed by atoms with Crippen molar-refractivity contribution in [2.45, 2.75) is 26.4 Å². The Bertz CT molecular complexity index is 415. The summed E-state index contributed by atoms with van der Waals surface area (Å²) in [5, 5.41) is 2.79. The predicted octanol–water partition coefficient (Wildman–Crippen LogP) is 2.01. The molecule has 0 saturated heterocycles. The summed E-state index contributed by atoms with van der Waals surface area (Å²) in [5.41, 5.74) is 6.88. The average molecular weight is 220 g/mol. The Labute approximate surface area is 94.8 Å². The van der Waals surface area contributed by atoms with Crippen LogP contribution in [0.3, 0.4) is 0 Å². The van der Waals surface area contributed by atoms with Gasteiger partial charge in [-0.15, -0.1) is 0 Å². The van der Waals surface area contributed by atoms with Crippen molar-refractivity contribution in [3.8, 4) is 5.75 Å². The maximum absolute atomic E-state index is 11.8. The Kier molecular flexibility index (Phi) is 2.73. The smallest absolute Gasteiger partial charge is 0.265 e. The third-order valence-corrected chi connectivity index (χ3v) is 2.55. The number of rotatable bonds is 2. The number of amides is 1. The summed E-state index contributed by atoms with van der Waals surface area (Å²) < 4.78 is 5.64. The zero-order chi connectivity index (χ0) is 11.7. The van der Waals surface area contributed by atoms with Crippen molar-refractivity contribution in [1.82, 2.24) is 0 Å². The minimum atomic E-state index is -0.408. The number of benzene rings is 1. The number of para-hydroxylation sites is 1. The van der Waals surface area contributed by atoms with E-state index in [9.17, 15) is 4.79 Å². The molecular formula is C12H16N2O2. The van der Waals surface area contributed by atoms with Crippen LogP contribution in [0.25, 0.3) is 0 Å². The Balaban J connectivity index is 2.25. The van der Waals surface area contributed by atoms with Gasteiger partial charge in [0.25, 0.3) is 5.91 Å². The number of fused-ring (bicyclic) bond motifs is 1. The van der Waals surface area contributed by atoms with Gasteiger partial charge < -0.3 is 15.8 Å². The zero-order valence-electron chi connectivity index (χ0n) is 9.49. The molecule has 2 rings (SSSR count). The molecule has 4 heteroatoms. The Morgan fingerprint density at radius 2 is 2.25 bits per heavy atom. The largest absolute Gasteiger partial charge is 0.478 e. The van der Waals surface area contributed by atoms with E-state index in [-0.39, 0.29) is 5.91 Å². The fourth-order valence-electron chi connectivity index (χ4n) is 1.77. The van der Waals surface area contributed by atoms with Gasteiger partial charge in [0.2, 0.25) is 0 Å². The van der Waals surface area contributed by atoms with Crippen molar-refractivity contribution in [1.29, 1.82) is 0 Å². The first-order chi connectivity index (χ1) is 7.58. The van der Waals surface area contributed by atoms with Gasteiger partial charge in [-0.25, -0.2) is 0 Å². The van der Waals surface area contributed by atoms with Crippen LogP contribution in [0.2, 0.25) is 0 Å². The standard InChI is InChI=1S/C12H16N2O2/c1-7(2)6-10-12(15)14-11-8(13)4-3-5-9(11)16-10/h3-5,7,10H,6,13H2,1-2H3,(H,14,15)/t10-/m0/s1. The lowest BCUT2D eigenvalue weighted by atomic mass is 10.0. The van der Waals surface area contributed by atoms with Crippen LogP contribution < -0.4 is 15.8 Å². The Morgan fingerprint density at radius 1 is 1.50 bits per heavy atom. The van der Waals surface area contributed by atoms with Crippen LogP contribution in [0.15, 0.2) is 18.2 Å². The van der Waals surface area contributed by atoms with Crippen LogP contribution in [0.1, 0.15) is 20.3 Å². The van der Waals surface area contributed by atoms with Gasteiger partial charge in [0.1, 0.15) is 11.4 Å². The average Bonchev–Trinajstić information content (AvgIpc) is 2.20. The van der Waals surface area contributed by atoms with Gasteiger partial charge in [0, 0.05) is 0 Å². The fourth-order valence-corrected chi connectivity index (χ4v) is 1.77. The van der Waals surface area contributed by atoms with E-state index in [0.717, 1.165) is 0 Å². The van der Waals surface area contributed by atoms with E-state index in [1.807, 2.05) is 12.1 Å². The lowest BCUT2D eigenvalue weighted by Crippen LogP contribution is -2.38. The molecule has 1 heterocycles. The monoisotopic (exact) mass is 220 g/mol. The summed E-state index contributed by atoms with van der Waals surface area (Å²) in [6, 6.07) is 5.38. The van der Waals surface area contributed by atoms with E-state index < -0.39 is 6.10 Å². The summed E-state index contributed by atoms with van der Waals surface area (Å²) in [7, 11) is 0. The number of hydrogen-bond donors (Lipinski definition) is 2. The second-order valence-corrected chi connectivity index (χ2v) is 4.45. The highest BCUT2D eigenvalue weighted by atomic mass is 16.5. The minimum absolute atomic E-state index is 0.112. The number of hydrogen-bond acceptors (Lipinski definition) is 3. The molecule has 1 amide bonds. The molecule has 16 heavy (non-hydrogen) atoms. The van der Waals surface area contributed by atoms with E-state index in [1.165, 1.54) is 0 Å². The molecule has 1 aliphatic rings. The lowest BCUT2D eigenvalue weighted by molar-refractivity contribution is -0.124. The van der Waals surface area contributed by atoms with Crippen LogP contribution in [0, 0.1) is 5.92 Å². The van der Waals surface area contributed by atoms with Crippen molar-refractivity contribution < 1.29 is 9.53 Å². The molecule has 0 aliphatic carbocycles. The van der Waals surface area contributed by atoms with E-state index in [0.29, 0.717) is 29.5 Å². The highest BCUT2D eigenvalue weighted by Gasteiger charge is 2.28. The number of ether oxygens (including phenoxy) is 1. The molecule has 0 fully saturated rings. The van der Waals surface area contributed by atoms with Gasteiger partial charge in [0.05, 0.1) is 5.69 Å². The molecule has 0 unspecified atom stereocenters. The third-order valence-electron chi connectivity index (χ3n) is 2.55. The number of nitrogens with one attached hydrogen (secondary N) is 1. The quantitative estimate of drug-likeness (QED) is 0.749. The Morgan fingerprint density at radius 3 is 2.94 bits per heavy atom. The summed E-state index contributed by atoms with van der Waals surface area (Å²) in [6.45, 7) is 4.12. The molecule has 1 aliphatic heterocycles. The van der Waals surface area contributed by atoms with Gasteiger partial charge in [-0.1, -0.05) is 19.9 Å². The fraction of sp³-hybridized carbons (Fsp3) is 0.417. The van der Waals surface area contributed by atoms with Crippen LogP contribution >= 0.6 is 0 Å². The van der Waals surface area contributed by atoms with Crippen molar-refractivity contribution in [2.24, 2.45) is 5.92 Å². The molecule has 0 bridgehead atoms. The second-order valence-electron chi connectivity index (χ2n) is 4.45. The minimum Gasteiger partial charge on any atom is -0.478 e. The number of carbonyl (C=O) groups excluding carboxylic acids is 1. The number of nitrogens with two attached hydrogens (primary N) is 1. The molecule has 0 radical (unpaired) electrons. The first kappa shape index (κ1) is 10.8. The molecule has 0 aromatic heterocycles. The normalized spacial score (nSPS) is 18.9. The molecular weight excluding hydrogens is 204 g/mol. The van der Waals surface area contributed by atoms with E-state index in [2.05, 4.69) is 19.2 Å². The van der Waals surface area contributed by atoms with Crippen molar-refractivity contribution in [3.05, 3.63) is 18.2 Å². The Hall–Kier alpha value is -1.71. The van der Waals surface area contributed by atoms with Crippen LogP contribution in [-0.2, 0) is 4.79 Å². The van der Waals surface area contributed by atoms with Gasteiger partial charge in [-0.2, -0.15) is 0 Å². The molecule has 4 nitrogen and oxygen atoms in total. The number of nitrogen functional groups attached to an aromatic ring is 1. The highest BCUT2D eigenvalue weighted by molar-refractivity contribution is 6.00. The topological polar surface area (TPSA) is 64.3 Å². The third kappa shape index (κ3) is 1.96. The van der Waals surface area contributed by atoms with Gasteiger partial charge in [-0.3, -0.25) is 4.79 Å². The lowest BCUT2D eigenvalue weighted by Gasteiger charge is -2.27. The van der Waals surface area contributed by atoms with E-state index in [4.69, 9.17) is 10.5 Å². The maximum atomic E-state index is 11.8. The predicted molar refractivity (Wildman–Crippen MR) is 63.4 cm³/mol. The summed E-state index contributed by atoms with van der Waals surface area (Å²) in [5.74, 6) is 0.961. The maximum Gasteiger partial charge on any atom is 0.265 e. The molecule has 86 valence electrons. The first-order valence-corrected chi connectivity index (χ1v) is 5.44. The number of carbonyl (C=O) groups is 1. The van der Waals surface area contributed by atoms with E-state index >= 15 is 0 Å². The second kappa shape index (κ2) is 4.04. The van der Waals surface area contributed by atoms with E-state index in [1.54, 1.807) is 6.07 Å². The molecule has 0 saturated carbocycles. The van der Waals surface area contributed by atoms with Gasteiger partial charge in [-0.05, 0) is 24.5 Å². The van der Waals surface area contributed by atoms with Crippen molar-refractivity contribution >= 4 is 17.3 Å². The van der Waals surface area contributed by atoms with Crippen LogP contribution in [-0.4, -0.2) is 12.0 Å². The summed E-state index contributed by atoms with van der Waals surface area (Å²) in [4.78, 5) is 11.8. The summed E-state index contributed by atoms with van der Waals surface area (Å²) in [6.07, 6.45) is 0.300. The molecule has 1 aromatic carbocycles. The molecule has 0 spiro atoms. The molecule has 1 aromatic rings. The SMILES string of the molecule is CC(C)C[C@@H]1Oc2cccc(N)c2NC1=O. The molecule has 3 N–H and O–H groups in total. The number of anilines is 2.